The minimum absolute atomic E-state index is 0.0401. The fourth-order valence-electron chi connectivity index (χ4n) is 1.72. The molecular weight excluding hydrogens is 286 g/mol. The van der Waals surface area contributed by atoms with E-state index in [1.165, 1.54) is 0 Å². The second-order valence-electron chi connectivity index (χ2n) is 4.62. The van der Waals surface area contributed by atoms with Gasteiger partial charge in [0.2, 0.25) is 0 Å². The van der Waals surface area contributed by atoms with Gasteiger partial charge >= 0.3 is 0 Å². The summed E-state index contributed by atoms with van der Waals surface area (Å²) in [6.45, 7) is 1.71. The number of phenolic OH excluding ortho intramolecular Hbond substituents is 3. The Morgan fingerprint density at radius 3 is 2.14 bits per heavy atom. The summed E-state index contributed by atoms with van der Waals surface area (Å²) in [5, 5.41) is 31.9. The number of nitrogens with two attached hydrogens (primary N) is 1. The molecule has 0 saturated carbocycles. The van der Waals surface area contributed by atoms with Gasteiger partial charge in [-0.05, 0) is 36.8 Å². The number of hydrogen-bond acceptors (Lipinski definition) is 6. The number of hydrogen-bond donors (Lipinski definition) is 5. The molecule has 0 aliphatic carbocycles. The van der Waals surface area contributed by atoms with Crippen LogP contribution in [0.1, 0.15) is 22.8 Å². The van der Waals surface area contributed by atoms with Crippen molar-refractivity contribution in [1.29, 1.82) is 0 Å². The van der Waals surface area contributed by atoms with Crippen LogP contribution in [0.4, 0.5) is 5.69 Å². The molecule has 2 aromatic carbocycles. The number of nitrogens with one attached hydrogen (secondary N) is 1. The molecule has 2 aromatic rings. The van der Waals surface area contributed by atoms with Gasteiger partial charge in [0.1, 0.15) is 0 Å². The Balaban J connectivity index is 2.15. The van der Waals surface area contributed by atoms with E-state index in [1.54, 1.807) is 31.2 Å². The first-order valence-corrected chi connectivity index (χ1v) is 6.34. The molecule has 0 saturated heterocycles. The number of hydrazone groups is 1. The first-order valence-electron chi connectivity index (χ1n) is 6.34. The third-order valence-electron chi connectivity index (χ3n) is 2.99. The molecule has 0 fully saturated rings. The average Bonchev–Trinajstić information content (AvgIpc) is 2.50. The lowest BCUT2D eigenvalue weighted by Gasteiger charge is -2.06. The van der Waals surface area contributed by atoms with Crippen molar-refractivity contribution in [2.75, 3.05) is 5.73 Å². The molecule has 114 valence electrons. The Morgan fingerprint density at radius 1 is 1.05 bits per heavy atom. The Labute approximate surface area is 126 Å². The normalized spacial score (nSPS) is 11.2. The monoisotopic (exact) mass is 301 g/mol. The molecule has 7 nitrogen and oxygen atoms in total. The van der Waals surface area contributed by atoms with Crippen LogP contribution >= 0.6 is 0 Å². The van der Waals surface area contributed by atoms with Gasteiger partial charge < -0.3 is 21.1 Å². The first kappa shape index (κ1) is 15.2. The number of anilines is 1. The largest absolute Gasteiger partial charge is 0.504 e. The standard InChI is InChI=1S/C15H15N3O4/c1-8(9-2-4-11(16)5-3-9)17-18-15(22)10-6-12(19)14(21)13(20)7-10/h2-7,19-21H,16H2,1H3,(H,18,22)/b17-8+. The third-order valence-corrected chi connectivity index (χ3v) is 2.99. The van der Waals surface area contributed by atoms with Crippen molar-refractivity contribution in [1.82, 2.24) is 5.43 Å². The molecule has 0 radical (unpaired) electrons. The summed E-state index contributed by atoms with van der Waals surface area (Å²) in [6, 6.07) is 9.01. The van der Waals surface area contributed by atoms with Crippen molar-refractivity contribution >= 4 is 17.3 Å². The molecule has 0 aliphatic heterocycles. The maximum atomic E-state index is 11.9. The highest BCUT2D eigenvalue weighted by Crippen LogP contribution is 2.35. The van der Waals surface area contributed by atoms with Crippen molar-refractivity contribution < 1.29 is 20.1 Å². The molecule has 0 unspecified atom stereocenters. The topological polar surface area (TPSA) is 128 Å². The second kappa shape index (κ2) is 6.04. The van der Waals surface area contributed by atoms with Gasteiger partial charge in [0, 0.05) is 11.3 Å². The summed E-state index contributed by atoms with van der Waals surface area (Å²) in [5.41, 5.74) is 9.81. The van der Waals surface area contributed by atoms with E-state index in [2.05, 4.69) is 10.5 Å². The Kier molecular flexibility index (Phi) is 4.17. The summed E-state index contributed by atoms with van der Waals surface area (Å²) in [7, 11) is 0. The fraction of sp³-hybridized carbons (Fsp3) is 0.0667. The SMILES string of the molecule is C/C(=N\NC(=O)c1cc(O)c(O)c(O)c1)c1ccc(N)cc1. The lowest BCUT2D eigenvalue weighted by atomic mass is 10.1. The minimum Gasteiger partial charge on any atom is -0.504 e. The molecular formula is C15H15N3O4. The van der Waals surface area contributed by atoms with Crippen LogP contribution in [0.2, 0.25) is 0 Å². The molecule has 6 N–H and O–H groups in total. The Bertz CT molecular complexity index is 716. The number of amides is 1. The van der Waals surface area contributed by atoms with Crippen LogP contribution in [-0.2, 0) is 0 Å². The van der Waals surface area contributed by atoms with Crippen LogP contribution in [0.3, 0.4) is 0 Å². The Hall–Kier alpha value is -3.22. The average molecular weight is 301 g/mol. The van der Waals surface area contributed by atoms with Gasteiger partial charge in [-0.15, -0.1) is 0 Å². The molecule has 22 heavy (non-hydrogen) atoms. The van der Waals surface area contributed by atoms with Gasteiger partial charge in [-0.25, -0.2) is 5.43 Å². The highest BCUT2D eigenvalue weighted by atomic mass is 16.3. The highest BCUT2D eigenvalue weighted by Gasteiger charge is 2.13. The van der Waals surface area contributed by atoms with Crippen LogP contribution < -0.4 is 11.2 Å². The van der Waals surface area contributed by atoms with Crippen LogP contribution in [0.25, 0.3) is 0 Å². The number of carbonyl (C=O) groups excluding carboxylic acids is 1. The van der Waals surface area contributed by atoms with Gasteiger partial charge in [0.25, 0.3) is 5.91 Å². The second-order valence-corrected chi connectivity index (χ2v) is 4.62. The maximum Gasteiger partial charge on any atom is 0.271 e. The van der Waals surface area contributed by atoms with E-state index in [9.17, 15) is 20.1 Å². The fourth-order valence-corrected chi connectivity index (χ4v) is 1.72. The van der Waals surface area contributed by atoms with Crippen LogP contribution in [0.5, 0.6) is 17.2 Å². The lowest BCUT2D eigenvalue weighted by Crippen LogP contribution is -2.19. The summed E-state index contributed by atoms with van der Waals surface area (Å²) < 4.78 is 0. The van der Waals surface area contributed by atoms with Gasteiger partial charge in [-0.3, -0.25) is 4.79 Å². The molecule has 0 bridgehead atoms. The molecule has 2 rings (SSSR count). The predicted molar refractivity (Wildman–Crippen MR) is 82.0 cm³/mol. The third kappa shape index (κ3) is 3.26. The van der Waals surface area contributed by atoms with Crippen molar-refractivity contribution in [2.24, 2.45) is 5.10 Å². The lowest BCUT2D eigenvalue weighted by molar-refractivity contribution is 0.0954. The maximum absolute atomic E-state index is 11.9. The van der Waals surface area contributed by atoms with E-state index in [1.807, 2.05) is 0 Å². The molecule has 0 aromatic heterocycles. The summed E-state index contributed by atoms with van der Waals surface area (Å²) in [5.74, 6) is -2.51. The van der Waals surface area contributed by atoms with E-state index in [-0.39, 0.29) is 5.56 Å². The van der Waals surface area contributed by atoms with Gasteiger partial charge in [-0.1, -0.05) is 12.1 Å². The number of benzene rings is 2. The molecule has 0 aliphatic rings. The van der Waals surface area contributed by atoms with E-state index < -0.39 is 23.2 Å². The number of rotatable bonds is 3. The smallest absolute Gasteiger partial charge is 0.271 e. The zero-order chi connectivity index (χ0) is 16.3. The quantitative estimate of drug-likeness (QED) is 0.254. The number of carbonyl (C=O) groups is 1. The Morgan fingerprint density at radius 2 is 1.59 bits per heavy atom. The minimum atomic E-state index is -0.682. The number of nitrogens with zero attached hydrogens (tertiary/aromatic N) is 1. The molecule has 0 atom stereocenters. The van der Waals surface area contributed by atoms with E-state index in [0.717, 1.165) is 17.7 Å². The van der Waals surface area contributed by atoms with Crippen LogP contribution in [-0.4, -0.2) is 26.9 Å². The van der Waals surface area contributed by atoms with Gasteiger partial charge in [0.05, 0.1) is 5.71 Å². The highest BCUT2D eigenvalue weighted by molar-refractivity contribution is 6.01. The molecule has 7 heteroatoms. The first-order chi connectivity index (χ1) is 10.4. The van der Waals surface area contributed by atoms with Crippen molar-refractivity contribution in [2.45, 2.75) is 6.92 Å². The number of aromatic hydroxyl groups is 3. The molecule has 0 heterocycles. The summed E-state index contributed by atoms with van der Waals surface area (Å²) >= 11 is 0. The van der Waals surface area contributed by atoms with Crippen molar-refractivity contribution in [3.63, 3.8) is 0 Å². The molecule has 1 amide bonds. The van der Waals surface area contributed by atoms with E-state index >= 15 is 0 Å². The van der Waals surface area contributed by atoms with Crippen LogP contribution in [0.15, 0.2) is 41.5 Å². The van der Waals surface area contributed by atoms with E-state index in [4.69, 9.17) is 5.73 Å². The number of phenols is 3. The van der Waals surface area contributed by atoms with Crippen LogP contribution in [0, 0.1) is 0 Å². The summed E-state index contributed by atoms with van der Waals surface area (Å²) in [4.78, 5) is 11.9. The van der Waals surface area contributed by atoms with Gasteiger partial charge in [0.15, 0.2) is 17.2 Å². The van der Waals surface area contributed by atoms with Gasteiger partial charge in [-0.2, -0.15) is 5.10 Å². The van der Waals surface area contributed by atoms with Crippen molar-refractivity contribution in [3.05, 3.63) is 47.5 Å². The molecule has 0 spiro atoms. The van der Waals surface area contributed by atoms with Crippen molar-refractivity contribution in [3.8, 4) is 17.2 Å². The zero-order valence-electron chi connectivity index (χ0n) is 11.7. The van der Waals surface area contributed by atoms with E-state index in [0.29, 0.717) is 11.4 Å². The zero-order valence-corrected chi connectivity index (χ0v) is 11.7. The number of nitrogen functional groups attached to an aromatic ring is 1. The predicted octanol–water partition coefficient (Wildman–Crippen LogP) is 1.54. The summed E-state index contributed by atoms with van der Waals surface area (Å²) in [6.07, 6.45) is 0.